The van der Waals surface area contributed by atoms with E-state index < -0.39 is 17.9 Å². The lowest BCUT2D eigenvalue weighted by Gasteiger charge is -2.16. The van der Waals surface area contributed by atoms with Gasteiger partial charge in [0, 0.05) is 24.5 Å². The molecule has 2 aromatic heterocycles. The fourth-order valence-electron chi connectivity index (χ4n) is 2.03. The number of carbonyl (C=O) groups excluding carboxylic acids is 2. The third kappa shape index (κ3) is 3.89. The van der Waals surface area contributed by atoms with Crippen molar-refractivity contribution >= 4 is 11.9 Å². The van der Waals surface area contributed by atoms with Crippen LogP contribution >= 0.6 is 0 Å². The van der Waals surface area contributed by atoms with Crippen molar-refractivity contribution in [2.24, 2.45) is 0 Å². The largest absolute Gasteiger partial charge is 0.494 e. The van der Waals surface area contributed by atoms with Crippen molar-refractivity contribution in [3.8, 4) is 18.1 Å². The zero-order valence-electron chi connectivity index (χ0n) is 13.2. The second-order valence-electron chi connectivity index (χ2n) is 4.75. The minimum atomic E-state index is -0.874. The van der Waals surface area contributed by atoms with Crippen molar-refractivity contribution < 1.29 is 19.1 Å². The van der Waals surface area contributed by atoms with E-state index in [0.717, 1.165) is 0 Å². The first-order valence-electron chi connectivity index (χ1n) is 6.95. The van der Waals surface area contributed by atoms with Crippen molar-refractivity contribution in [1.29, 1.82) is 0 Å². The lowest BCUT2D eigenvalue weighted by molar-refractivity contribution is -0.142. The van der Waals surface area contributed by atoms with Crippen molar-refractivity contribution in [2.75, 3.05) is 14.2 Å². The van der Waals surface area contributed by atoms with Crippen LogP contribution in [0.15, 0.2) is 24.8 Å². The van der Waals surface area contributed by atoms with Crippen molar-refractivity contribution in [2.45, 2.75) is 12.5 Å². The molecule has 8 heteroatoms. The van der Waals surface area contributed by atoms with Gasteiger partial charge in [-0.15, -0.1) is 6.42 Å². The Morgan fingerprint density at radius 1 is 1.42 bits per heavy atom. The molecule has 0 spiro atoms. The maximum Gasteiger partial charge on any atom is 0.328 e. The maximum atomic E-state index is 12.4. The standard InChI is InChI=1S/C16H16N4O4/c1-4-12-14(23-2)5-10(7-18-12)15(21)20-13(16(22)24-3)6-11-8-17-9-19-11/h1,5,7-9,13H,6H2,2-3H3,(H,17,19)(H,20,21)/t13-/m1/s1. The average molecular weight is 328 g/mol. The number of aromatic amines is 1. The molecule has 2 N–H and O–H groups in total. The molecule has 2 heterocycles. The normalized spacial score (nSPS) is 11.2. The Labute approximate surface area is 138 Å². The number of imidazole rings is 1. The summed E-state index contributed by atoms with van der Waals surface area (Å²) in [6.45, 7) is 0. The molecule has 0 unspecified atom stereocenters. The van der Waals surface area contributed by atoms with Gasteiger partial charge in [-0.25, -0.2) is 14.8 Å². The van der Waals surface area contributed by atoms with E-state index in [-0.39, 0.29) is 17.7 Å². The summed E-state index contributed by atoms with van der Waals surface area (Å²) in [5.41, 5.74) is 1.18. The van der Waals surface area contributed by atoms with Crippen LogP contribution in [0, 0.1) is 12.3 Å². The molecule has 124 valence electrons. The molecule has 0 aliphatic rings. The number of aromatic nitrogens is 3. The fourth-order valence-corrected chi connectivity index (χ4v) is 2.03. The summed E-state index contributed by atoms with van der Waals surface area (Å²) in [5, 5.41) is 2.60. The highest BCUT2D eigenvalue weighted by Gasteiger charge is 2.23. The van der Waals surface area contributed by atoms with Crippen LogP contribution in [-0.4, -0.2) is 47.1 Å². The lowest BCUT2D eigenvalue weighted by atomic mass is 10.1. The Morgan fingerprint density at radius 2 is 2.21 bits per heavy atom. The smallest absolute Gasteiger partial charge is 0.328 e. The van der Waals surface area contributed by atoms with E-state index in [2.05, 4.69) is 26.2 Å². The molecule has 0 saturated heterocycles. The summed E-state index contributed by atoms with van der Waals surface area (Å²) in [5.74, 6) is 1.59. The number of methoxy groups -OCH3 is 2. The summed E-state index contributed by atoms with van der Waals surface area (Å²) in [4.78, 5) is 35.0. The van der Waals surface area contributed by atoms with Gasteiger partial charge in [0.15, 0.2) is 11.4 Å². The molecular weight excluding hydrogens is 312 g/mol. The minimum absolute atomic E-state index is 0.212. The molecule has 0 fully saturated rings. The first-order chi connectivity index (χ1) is 11.6. The number of amides is 1. The first kappa shape index (κ1) is 17.0. The highest BCUT2D eigenvalue weighted by molar-refractivity contribution is 5.97. The number of hydrogen-bond donors (Lipinski definition) is 2. The van der Waals surface area contributed by atoms with Gasteiger partial charge in [0.25, 0.3) is 5.91 Å². The molecule has 2 aromatic rings. The van der Waals surface area contributed by atoms with Gasteiger partial charge in [0.2, 0.25) is 0 Å². The third-order valence-electron chi connectivity index (χ3n) is 3.24. The molecule has 0 aliphatic heterocycles. The quantitative estimate of drug-likeness (QED) is 0.584. The van der Waals surface area contributed by atoms with E-state index in [1.54, 1.807) is 6.20 Å². The zero-order chi connectivity index (χ0) is 17.5. The number of hydrogen-bond acceptors (Lipinski definition) is 6. The van der Waals surface area contributed by atoms with Crippen LogP contribution < -0.4 is 10.1 Å². The van der Waals surface area contributed by atoms with Crippen LogP contribution in [0.4, 0.5) is 0 Å². The number of ether oxygens (including phenoxy) is 2. The summed E-state index contributed by atoms with van der Waals surface area (Å²) >= 11 is 0. The summed E-state index contributed by atoms with van der Waals surface area (Å²) in [6.07, 6.45) is 9.88. The minimum Gasteiger partial charge on any atom is -0.494 e. The second kappa shape index (κ2) is 7.78. The van der Waals surface area contributed by atoms with Gasteiger partial charge in [0.05, 0.1) is 26.1 Å². The number of nitrogens with one attached hydrogen (secondary N) is 2. The van der Waals surface area contributed by atoms with E-state index in [0.29, 0.717) is 11.4 Å². The Bertz CT molecular complexity index is 765. The SMILES string of the molecule is C#Cc1ncc(C(=O)N[C@H](Cc2cnc[nH]2)C(=O)OC)cc1OC. The van der Waals surface area contributed by atoms with Crippen LogP contribution in [0.5, 0.6) is 5.75 Å². The number of esters is 1. The van der Waals surface area contributed by atoms with Crippen LogP contribution in [0.2, 0.25) is 0 Å². The summed E-state index contributed by atoms with van der Waals surface area (Å²) in [6, 6.07) is 0.587. The van der Waals surface area contributed by atoms with Crippen LogP contribution in [0.1, 0.15) is 21.7 Å². The number of rotatable bonds is 6. The Kier molecular flexibility index (Phi) is 5.52. The summed E-state index contributed by atoms with van der Waals surface area (Å²) < 4.78 is 9.82. The monoisotopic (exact) mass is 328 g/mol. The predicted octanol–water partition coefficient (Wildman–Crippen LogP) is 0.309. The lowest BCUT2D eigenvalue weighted by Crippen LogP contribution is -2.43. The molecule has 8 nitrogen and oxygen atoms in total. The molecule has 0 aromatic carbocycles. The number of pyridine rings is 1. The second-order valence-corrected chi connectivity index (χ2v) is 4.75. The molecule has 0 saturated carbocycles. The highest BCUT2D eigenvalue weighted by atomic mass is 16.5. The third-order valence-corrected chi connectivity index (χ3v) is 3.24. The van der Waals surface area contributed by atoms with E-state index >= 15 is 0 Å². The van der Waals surface area contributed by atoms with Gasteiger partial charge in [0.1, 0.15) is 6.04 Å². The van der Waals surface area contributed by atoms with Gasteiger partial charge in [-0.1, -0.05) is 0 Å². The maximum absolute atomic E-state index is 12.4. The van der Waals surface area contributed by atoms with Crippen LogP contribution in [0.3, 0.4) is 0 Å². The van der Waals surface area contributed by atoms with Crippen LogP contribution in [-0.2, 0) is 16.0 Å². The van der Waals surface area contributed by atoms with Gasteiger partial charge in [-0.3, -0.25) is 4.79 Å². The molecule has 1 amide bonds. The Balaban J connectivity index is 2.18. The molecule has 0 radical (unpaired) electrons. The fraction of sp³-hybridized carbons (Fsp3) is 0.250. The Morgan fingerprint density at radius 3 is 2.79 bits per heavy atom. The summed E-state index contributed by atoms with van der Waals surface area (Å²) in [7, 11) is 2.68. The van der Waals surface area contributed by atoms with Gasteiger partial charge >= 0.3 is 5.97 Å². The van der Waals surface area contributed by atoms with E-state index in [1.165, 1.54) is 32.8 Å². The van der Waals surface area contributed by atoms with Gasteiger partial charge in [-0.05, 0) is 12.0 Å². The molecular formula is C16H16N4O4. The highest BCUT2D eigenvalue weighted by Crippen LogP contribution is 2.16. The topological polar surface area (TPSA) is 106 Å². The zero-order valence-corrected chi connectivity index (χ0v) is 13.2. The van der Waals surface area contributed by atoms with Crippen molar-refractivity contribution in [3.63, 3.8) is 0 Å². The van der Waals surface area contributed by atoms with Crippen molar-refractivity contribution in [1.82, 2.24) is 20.3 Å². The molecule has 0 aliphatic carbocycles. The molecule has 2 rings (SSSR count). The van der Waals surface area contributed by atoms with E-state index in [9.17, 15) is 9.59 Å². The average Bonchev–Trinajstić information content (AvgIpc) is 3.12. The van der Waals surface area contributed by atoms with Crippen molar-refractivity contribution in [3.05, 3.63) is 41.7 Å². The first-order valence-corrected chi connectivity index (χ1v) is 6.95. The number of nitrogens with zero attached hydrogens (tertiary/aromatic N) is 2. The van der Waals surface area contributed by atoms with E-state index in [4.69, 9.17) is 15.9 Å². The van der Waals surface area contributed by atoms with Crippen LogP contribution in [0.25, 0.3) is 0 Å². The van der Waals surface area contributed by atoms with Gasteiger partial charge < -0.3 is 19.8 Å². The molecule has 24 heavy (non-hydrogen) atoms. The number of H-pyrrole nitrogens is 1. The molecule has 1 atom stereocenters. The number of carbonyl (C=O) groups is 2. The Hall–Kier alpha value is -3.34. The molecule has 0 bridgehead atoms. The number of terminal acetylenes is 1. The van der Waals surface area contributed by atoms with E-state index in [1.807, 2.05) is 0 Å². The van der Waals surface area contributed by atoms with Gasteiger partial charge in [-0.2, -0.15) is 0 Å². The predicted molar refractivity (Wildman–Crippen MR) is 84.3 cm³/mol.